The number of carbonyl (C=O) groups is 1. The third-order valence-electron chi connectivity index (χ3n) is 2.56. The van der Waals surface area contributed by atoms with Gasteiger partial charge in [0.05, 0.1) is 4.92 Å². The quantitative estimate of drug-likeness (QED) is 0.591. The van der Waals surface area contributed by atoms with Crippen molar-refractivity contribution in [3.8, 4) is 0 Å². The smallest absolute Gasteiger partial charge is 0.303 e. The number of rotatable bonds is 7. The number of hydrogen-bond acceptors (Lipinski definition) is 4. The van der Waals surface area contributed by atoms with Crippen molar-refractivity contribution >= 4 is 11.7 Å². The van der Waals surface area contributed by atoms with Gasteiger partial charge in [0.25, 0.3) is 5.69 Å². The summed E-state index contributed by atoms with van der Waals surface area (Å²) in [5, 5.41) is 19.3. The molecule has 0 saturated carbocycles. The zero-order chi connectivity index (χ0) is 13.5. The number of nitro benzene ring substituents is 1. The first kappa shape index (κ1) is 14.1. The summed E-state index contributed by atoms with van der Waals surface area (Å²) in [7, 11) is 1.82. The number of hydrogen-bond donors (Lipinski definition) is 1. The van der Waals surface area contributed by atoms with Crippen LogP contribution in [0, 0.1) is 10.1 Å². The number of aliphatic carboxylic acids is 1. The van der Waals surface area contributed by atoms with Gasteiger partial charge in [0.2, 0.25) is 0 Å². The molecule has 18 heavy (non-hydrogen) atoms. The highest BCUT2D eigenvalue weighted by Gasteiger charge is 2.13. The van der Waals surface area contributed by atoms with Gasteiger partial charge >= 0.3 is 5.97 Å². The van der Waals surface area contributed by atoms with Crippen LogP contribution in [0.5, 0.6) is 0 Å². The van der Waals surface area contributed by atoms with Gasteiger partial charge < -0.3 is 10.0 Å². The highest BCUT2D eigenvalue weighted by Crippen LogP contribution is 2.19. The normalized spacial score (nSPS) is 10.6. The predicted octanol–water partition coefficient (Wildman–Crippen LogP) is 1.89. The topological polar surface area (TPSA) is 83.7 Å². The van der Waals surface area contributed by atoms with Gasteiger partial charge in [-0.25, -0.2) is 0 Å². The van der Waals surface area contributed by atoms with E-state index in [0.29, 0.717) is 25.1 Å². The molecule has 1 rings (SSSR count). The lowest BCUT2D eigenvalue weighted by Gasteiger charge is -2.15. The second-order valence-electron chi connectivity index (χ2n) is 4.12. The summed E-state index contributed by atoms with van der Waals surface area (Å²) >= 11 is 0. The maximum atomic E-state index is 10.8. The SMILES string of the molecule is CN(CCCC(=O)O)Cc1ccccc1[N+](=O)[O-]. The standard InChI is InChI=1S/C12H16N2O4/c1-13(8-4-7-12(15)16)9-10-5-2-3-6-11(10)14(17)18/h2-3,5-6H,4,7-9H2,1H3,(H,15,16). The lowest BCUT2D eigenvalue weighted by molar-refractivity contribution is -0.385. The van der Waals surface area contributed by atoms with E-state index in [1.165, 1.54) is 6.07 Å². The van der Waals surface area contributed by atoms with Crippen LogP contribution in [0.25, 0.3) is 0 Å². The van der Waals surface area contributed by atoms with E-state index in [2.05, 4.69) is 0 Å². The molecular formula is C12H16N2O4. The van der Waals surface area contributed by atoms with Gasteiger partial charge in [-0.3, -0.25) is 14.9 Å². The summed E-state index contributed by atoms with van der Waals surface area (Å²) in [5.74, 6) is -0.825. The van der Waals surface area contributed by atoms with Crippen molar-refractivity contribution in [1.82, 2.24) is 4.90 Å². The van der Waals surface area contributed by atoms with E-state index in [1.807, 2.05) is 11.9 Å². The molecule has 0 saturated heterocycles. The van der Waals surface area contributed by atoms with Crippen molar-refractivity contribution in [1.29, 1.82) is 0 Å². The number of carboxylic acids is 1. The minimum absolute atomic E-state index is 0.0996. The summed E-state index contributed by atoms with van der Waals surface area (Å²) in [6.07, 6.45) is 0.647. The van der Waals surface area contributed by atoms with E-state index in [-0.39, 0.29) is 12.1 Å². The zero-order valence-electron chi connectivity index (χ0n) is 10.2. The van der Waals surface area contributed by atoms with Crippen LogP contribution in [0.2, 0.25) is 0 Å². The predicted molar refractivity (Wildman–Crippen MR) is 66.3 cm³/mol. The average molecular weight is 252 g/mol. The lowest BCUT2D eigenvalue weighted by atomic mass is 10.1. The van der Waals surface area contributed by atoms with E-state index in [9.17, 15) is 14.9 Å². The van der Waals surface area contributed by atoms with E-state index in [1.54, 1.807) is 18.2 Å². The summed E-state index contributed by atoms with van der Waals surface area (Å²) in [6.45, 7) is 1.04. The number of nitrogens with zero attached hydrogens (tertiary/aromatic N) is 2. The lowest BCUT2D eigenvalue weighted by Crippen LogP contribution is -2.20. The number of para-hydroxylation sites is 1. The maximum Gasteiger partial charge on any atom is 0.303 e. The third kappa shape index (κ3) is 4.50. The molecule has 0 aliphatic carbocycles. The molecule has 1 aromatic carbocycles. The van der Waals surface area contributed by atoms with Crippen molar-refractivity contribution in [2.45, 2.75) is 19.4 Å². The van der Waals surface area contributed by atoms with E-state index in [0.717, 1.165) is 0 Å². The molecule has 1 N–H and O–H groups in total. The Balaban J connectivity index is 2.56. The fourth-order valence-electron chi connectivity index (χ4n) is 1.69. The Labute approximate surface area is 105 Å². The summed E-state index contributed by atoms with van der Waals surface area (Å²) in [5.41, 5.74) is 0.739. The highest BCUT2D eigenvalue weighted by atomic mass is 16.6. The molecule has 0 heterocycles. The third-order valence-corrected chi connectivity index (χ3v) is 2.56. The second kappa shape index (κ2) is 6.70. The molecule has 0 aliphatic rings. The Kier molecular flexibility index (Phi) is 5.26. The van der Waals surface area contributed by atoms with Gasteiger partial charge in [0.1, 0.15) is 0 Å². The van der Waals surface area contributed by atoms with Gasteiger partial charge in [0.15, 0.2) is 0 Å². The summed E-state index contributed by atoms with van der Waals surface area (Å²) < 4.78 is 0. The molecule has 0 fully saturated rings. The fraction of sp³-hybridized carbons (Fsp3) is 0.417. The second-order valence-corrected chi connectivity index (χ2v) is 4.12. The fourth-order valence-corrected chi connectivity index (χ4v) is 1.69. The van der Waals surface area contributed by atoms with Crippen molar-refractivity contribution in [2.24, 2.45) is 0 Å². The van der Waals surface area contributed by atoms with Crippen LogP contribution in [0.4, 0.5) is 5.69 Å². The Morgan fingerprint density at radius 3 is 2.72 bits per heavy atom. The van der Waals surface area contributed by atoms with Crippen molar-refractivity contribution in [3.63, 3.8) is 0 Å². The number of benzene rings is 1. The molecular weight excluding hydrogens is 236 g/mol. The minimum Gasteiger partial charge on any atom is -0.481 e. The first-order valence-corrected chi connectivity index (χ1v) is 5.63. The highest BCUT2D eigenvalue weighted by molar-refractivity contribution is 5.66. The Morgan fingerprint density at radius 1 is 1.44 bits per heavy atom. The molecule has 0 bridgehead atoms. The number of nitro groups is 1. The molecule has 1 aromatic rings. The Morgan fingerprint density at radius 2 is 2.11 bits per heavy atom. The summed E-state index contributed by atoms with van der Waals surface area (Å²) in [6, 6.07) is 6.58. The molecule has 6 heteroatoms. The molecule has 0 aromatic heterocycles. The van der Waals surface area contributed by atoms with Crippen LogP contribution in [0.15, 0.2) is 24.3 Å². The monoisotopic (exact) mass is 252 g/mol. The Hall–Kier alpha value is -1.95. The zero-order valence-corrected chi connectivity index (χ0v) is 10.2. The van der Waals surface area contributed by atoms with Gasteiger partial charge in [0, 0.05) is 24.6 Å². The molecule has 98 valence electrons. The number of carboxylic acid groups (broad SMARTS) is 1. The minimum atomic E-state index is -0.825. The molecule has 0 radical (unpaired) electrons. The first-order chi connectivity index (χ1) is 8.50. The van der Waals surface area contributed by atoms with E-state index >= 15 is 0 Å². The van der Waals surface area contributed by atoms with Crippen LogP contribution in [0.1, 0.15) is 18.4 Å². The molecule has 0 unspecified atom stereocenters. The molecule has 0 spiro atoms. The van der Waals surface area contributed by atoms with Gasteiger partial charge in [-0.05, 0) is 20.0 Å². The van der Waals surface area contributed by atoms with Crippen molar-refractivity contribution in [2.75, 3.05) is 13.6 Å². The molecule has 0 atom stereocenters. The largest absolute Gasteiger partial charge is 0.481 e. The van der Waals surface area contributed by atoms with Crippen LogP contribution in [-0.2, 0) is 11.3 Å². The first-order valence-electron chi connectivity index (χ1n) is 5.63. The van der Waals surface area contributed by atoms with E-state index in [4.69, 9.17) is 5.11 Å². The molecule has 0 aliphatic heterocycles. The van der Waals surface area contributed by atoms with Crippen LogP contribution in [0.3, 0.4) is 0 Å². The Bertz CT molecular complexity index is 434. The maximum absolute atomic E-state index is 10.8. The molecule has 0 amide bonds. The van der Waals surface area contributed by atoms with Gasteiger partial charge in [-0.2, -0.15) is 0 Å². The van der Waals surface area contributed by atoms with Crippen LogP contribution >= 0.6 is 0 Å². The van der Waals surface area contributed by atoms with Gasteiger partial charge in [-0.15, -0.1) is 0 Å². The van der Waals surface area contributed by atoms with E-state index < -0.39 is 10.9 Å². The van der Waals surface area contributed by atoms with Crippen molar-refractivity contribution in [3.05, 3.63) is 39.9 Å². The van der Waals surface area contributed by atoms with Crippen LogP contribution < -0.4 is 0 Å². The van der Waals surface area contributed by atoms with Crippen molar-refractivity contribution < 1.29 is 14.8 Å². The van der Waals surface area contributed by atoms with Gasteiger partial charge in [-0.1, -0.05) is 18.2 Å². The average Bonchev–Trinajstić information content (AvgIpc) is 2.28. The van der Waals surface area contributed by atoms with Crippen LogP contribution in [-0.4, -0.2) is 34.5 Å². The molecule has 6 nitrogen and oxygen atoms in total. The summed E-state index contributed by atoms with van der Waals surface area (Å²) in [4.78, 5) is 22.7.